The minimum absolute atomic E-state index is 0.0940. The second kappa shape index (κ2) is 7.92. The molecule has 128 valence electrons. The van der Waals surface area contributed by atoms with E-state index in [2.05, 4.69) is 20.7 Å². The van der Waals surface area contributed by atoms with Gasteiger partial charge in [0, 0.05) is 19.7 Å². The minimum Gasteiger partial charge on any atom is -0.372 e. The fourth-order valence-electron chi connectivity index (χ4n) is 2.96. The molecule has 2 atom stereocenters. The Hall–Kier alpha value is -2.41. The van der Waals surface area contributed by atoms with E-state index in [9.17, 15) is 4.79 Å². The van der Waals surface area contributed by atoms with Crippen molar-refractivity contribution < 1.29 is 9.53 Å². The lowest BCUT2D eigenvalue weighted by Crippen LogP contribution is -2.41. The largest absolute Gasteiger partial charge is 0.372 e. The van der Waals surface area contributed by atoms with Crippen molar-refractivity contribution in [2.45, 2.75) is 38.5 Å². The molecule has 2 amide bonds. The van der Waals surface area contributed by atoms with E-state index in [1.165, 1.54) is 6.33 Å². The van der Waals surface area contributed by atoms with Gasteiger partial charge in [0.15, 0.2) is 0 Å². The van der Waals surface area contributed by atoms with Gasteiger partial charge in [-0.05, 0) is 25.3 Å². The second-order valence-corrected chi connectivity index (χ2v) is 5.75. The number of ether oxygens (including phenoxy) is 1. The number of aryl methyl sites for hydroxylation is 1. The highest BCUT2D eigenvalue weighted by Crippen LogP contribution is 2.22. The molecule has 7 nitrogen and oxygen atoms in total. The first kappa shape index (κ1) is 16.4. The van der Waals surface area contributed by atoms with Crippen LogP contribution in [-0.2, 0) is 11.3 Å². The third-order valence-corrected chi connectivity index (χ3v) is 4.11. The van der Waals surface area contributed by atoms with Gasteiger partial charge in [0.05, 0.1) is 12.1 Å². The Bertz CT molecular complexity index is 658. The number of benzene rings is 1. The van der Waals surface area contributed by atoms with Crippen LogP contribution in [-0.4, -0.2) is 33.9 Å². The molecular formula is C17H23N5O2. The van der Waals surface area contributed by atoms with E-state index < -0.39 is 0 Å². The lowest BCUT2D eigenvalue weighted by molar-refractivity contribution is 0.0638. The van der Waals surface area contributed by atoms with Gasteiger partial charge >= 0.3 is 6.03 Å². The molecule has 0 bridgehead atoms. The first-order valence-electron chi connectivity index (χ1n) is 8.36. The number of carbonyl (C=O) groups is 1. The fraction of sp³-hybridized carbons (Fsp3) is 0.471. The van der Waals surface area contributed by atoms with Gasteiger partial charge in [-0.15, -0.1) is 0 Å². The lowest BCUT2D eigenvalue weighted by Gasteiger charge is -2.24. The Labute approximate surface area is 141 Å². The first-order chi connectivity index (χ1) is 11.8. The van der Waals surface area contributed by atoms with Gasteiger partial charge in [0.1, 0.15) is 12.2 Å². The number of nitrogens with one attached hydrogen (secondary N) is 2. The van der Waals surface area contributed by atoms with Gasteiger partial charge in [-0.3, -0.25) is 0 Å². The molecule has 1 aromatic carbocycles. The summed E-state index contributed by atoms with van der Waals surface area (Å²) >= 11 is 0. The van der Waals surface area contributed by atoms with E-state index in [4.69, 9.17) is 4.74 Å². The van der Waals surface area contributed by atoms with Crippen LogP contribution in [0.5, 0.6) is 0 Å². The van der Waals surface area contributed by atoms with Crippen molar-refractivity contribution in [3.05, 3.63) is 48.0 Å². The summed E-state index contributed by atoms with van der Waals surface area (Å²) < 4.78 is 7.59. The molecule has 1 aromatic heterocycles. The summed E-state index contributed by atoms with van der Waals surface area (Å²) in [4.78, 5) is 16.5. The van der Waals surface area contributed by atoms with E-state index in [0.717, 1.165) is 30.8 Å². The number of rotatable bonds is 6. The van der Waals surface area contributed by atoms with Crippen molar-refractivity contribution in [3.63, 3.8) is 0 Å². The average molecular weight is 329 g/mol. The van der Waals surface area contributed by atoms with Crippen molar-refractivity contribution in [1.29, 1.82) is 0 Å². The standard InChI is InChI=1S/C17H23N5O2/c1-2-24-15(13-7-4-3-5-8-13)11-18-17(23)21-14-9-6-10-22-16(14)19-12-20-22/h3-5,7-8,12,14-15H,2,6,9-11H2,1H3,(H2,18,21,23)/t14-,15-/m1/s1. The number of fused-ring (bicyclic) bond motifs is 1. The fourth-order valence-corrected chi connectivity index (χ4v) is 2.96. The van der Waals surface area contributed by atoms with Crippen LogP contribution in [0.25, 0.3) is 0 Å². The molecule has 0 radical (unpaired) electrons. The molecule has 1 aliphatic heterocycles. The van der Waals surface area contributed by atoms with Crippen molar-refractivity contribution in [1.82, 2.24) is 25.4 Å². The maximum atomic E-state index is 12.2. The third-order valence-electron chi connectivity index (χ3n) is 4.11. The monoisotopic (exact) mass is 329 g/mol. The number of carbonyl (C=O) groups excluding carboxylic acids is 1. The van der Waals surface area contributed by atoms with Crippen molar-refractivity contribution in [2.75, 3.05) is 13.2 Å². The molecule has 1 aliphatic rings. The van der Waals surface area contributed by atoms with Crippen LogP contribution in [0.3, 0.4) is 0 Å². The van der Waals surface area contributed by atoms with Gasteiger partial charge < -0.3 is 15.4 Å². The lowest BCUT2D eigenvalue weighted by atomic mass is 10.1. The number of hydrogen-bond donors (Lipinski definition) is 2. The van der Waals surface area contributed by atoms with Crippen molar-refractivity contribution in [2.24, 2.45) is 0 Å². The SMILES string of the molecule is CCO[C@H](CNC(=O)N[C@@H]1CCCn2ncnc21)c1ccccc1. The van der Waals surface area contributed by atoms with Crippen LogP contribution in [0.1, 0.15) is 43.3 Å². The van der Waals surface area contributed by atoms with E-state index in [1.54, 1.807) is 0 Å². The number of aromatic nitrogens is 3. The number of hydrogen-bond acceptors (Lipinski definition) is 4. The van der Waals surface area contributed by atoms with Crippen LogP contribution in [0.15, 0.2) is 36.7 Å². The predicted octanol–water partition coefficient (Wildman–Crippen LogP) is 2.19. The third kappa shape index (κ3) is 3.91. The van der Waals surface area contributed by atoms with Gasteiger partial charge in [0.2, 0.25) is 0 Å². The summed E-state index contributed by atoms with van der Waals surface area (Å²) in [5, 5.41) is 10.1. The Morgan fingerprint density at radius 2 is 2.25 bits per heavy atom. The number of nitrogens with zero attached hydrogens (tertiary/aromatic N) is 3. The van der Waals surface area contributed by atoms with Crippen LogP contribution in [0.2, 0.25) is 0 Å². The quantitative estimate of drug-likeness (QED) is 0.851. The van der Waals surface area contributed by atoms with Crippen LogP contribution in [0.4, 0.5) is 4.79 Å². The molecule has 7 heteroatoms. The van der Waals surface area contributed by atoms with Crippen molar-refractivity contribution in [3.8, 4) is 0 Å². The predicted molar refractivity (Wildman–Crippen MR) is 89.3 cm³/mol. The molecule has 0 saturated carbocycles. The zero-order valence-electron chi connectivity index (χ0n) is 13.8. The highest BCUT2D eigenvalue weighted by molar-refractivity contribution is 5.74. The minimum atomic E-state index is -0.211. The summed E-state index contributed by atoms with van der Waals surface area (Å²) in [6.07, 6.45) is 3.23. The second-order valence-electron chi connectivity index (χ2n) is 5.75. The summed E-state index contributed by atoms with van der Waals surface area (Å²) in [5.41, 5.74) is 1.05. The highest BCUT2D eigenvalue weighted by atomic mass is 16.5. The molecule has 2 N–H and O–H groups in total. The van der Waals surface area contributed by atoms with E-state index in [0.29, 0.717) is 13.2 Å². The molecule has 2 heterocycles. The number of urea groups is 1. The highest BCUT2D eigenvalue weighted by Gasteiger charge is 2.24. The zero-order chi connectivity index (χ0) is 16.8. The molecule has 0 spiro atoms. The number of amides is 2. The Morgan fingerprint density at radius 1 is 1.42 bits per heavy atom. The molecule has 24 heavy (non-hydrogen) atoms. The van der Waals surface area contributed by atoms with Gasteiger partial charge in [-0.1, -0.05) is 30.3 Å². The zero-order valence-corrected chi connectivity index (χ0v) is 13.8. The Kier molecular flexibility index (Phi) is 5.43. The topological polar surface area (TPSA) is 81.1 Å². The maximum Gasteiger partial charge on any atom is 0.315 e. The Balaban J connectivity index is 1.55. The van der Waals surface area contributed by atoms with E-state index >= 15 is 0 Å². The van der Waals surface area contributed by atoms with Crippen LogP contribution >= 0.6 is 0 Å². The van der Waals surface area contributed by atoms with Gasteiger partial charge in [-0.25, -0.2) is 14.5 Å². The maximum absolute atomic E-state index is 12.2. The molecular weight excluding hydrogens is 306 g/mol. The van der Waals surface area contributed by atoms with Crippen LogP contribution in [0, 0.1) is 0 Å². The van der Waals surface area contributed by atoms with Crippen LogP contribution < -0.4 is 10.6 Å². The molecule has 0 fully saturated rings. The smallest absolute Gasteiger partial charge is 0.315 e. The summed E-state index contributed by atoms with van der Waals surface area (Å²) in [7, 11) is 0. The normalized spacial score (nSPS) is 17.8. The summed E-state index contributed by atoms with van der Waals surface area (Å²) in [5.74, 6) is 0.820. The summed E-state index contributed by atoms with van der Waals surface area (Å²) in [6, 6.07) is 9.60. The van der Waals surface area contributed by atoms with E-state index in [1.807, 2.05) is 41.9 Å². The molecule has 0 unspecified atom stereocenters. The van der Waals surface area contributed by atoms with Gasteiger partial charge in [-0.2, -0.15) is 5.10 Å². The average Bonchev–Trinajstić information content (AvgIpc) is 3.09. The molecule has 3 rings (SSSR count). The molecule has 2 aromatic rings. The first-order valence-corrected chi connectivity index (χ1v) is 8.36. The van der Waals surface area contributed by atoms with E-state index in [-0.39, 0.29) is 18.2 Å². The molecule has 0 aliphatic carbocycles. The van der Waals surface area contributed by atoms with Crippen molar-refractivity contribution >= 4 is 6.03 Å². The Morgan fingerprint density at radius 3 is 3.04 bits per heavy atom. The summed E-state index contributed by atoms with van der Waals surface area (Å²) in [6.45, 7) is 3.82. The molecule has 0 saturated heterocycles. The van der Waals surface area contributed by atoms with Gasteiger partial charge in [0.25, 0.3) is 0 Å².